The first-order valence-corrected chi connectivity index (χ1v) is 15.4. The summed E-state index contributed by atoms with van der Waals surface area (Å²) in [5.74, 6) is 5.48. The van der Waals surface area contributed by atoms with Crippen LogP contribution in [-0.4, -0.2) is 11.7 Å². The van der Waals surface area contributed by atoms with Gasteiger partial charge in [-0.2, -0.15) is 0 Å². The van der Waals surface area contributed by atoms with E-state index >= 15 is 0 Å². The SMILES string of the molecule is C=CC.CC.CCC1CCC2(C)C(CCC3(C)C2CCC2C4CCCC4(CO)CC[C@]23C)C1C. The van der Waals surface area contributed by atoms with E-state index in [4.69, 9.17) is 0 Å². The molecule has 0 spiro atoms. The van der Waals surface area contributed by atoms with Gasteiger partial charge in [-0.25, -0.2) is 0 Å². The van der Waals surface area contributed by atoms with Crippen LogP contribution in [0.5, 0.6) is 0 Å². The number of fused-ring (bicyclic) bond motifs is 7. The molecule has 0 radical (unpaired) electrons. The fraction of sp³-hybridized carbons (Fsp3) is 0.939. The lowest BCUT2D eigenvalue weighted by Crippen LogP contribution is -2.65. The summed E-state index contributed by atoms with van der Waals surface area (Å²) < 4.78 is 0. The van der Waals surface area contributed by atoms with Crippen molar-refractivity contribution in [1.29, 1.82) is 0 Å². The van der Waals surface area contributed by atoms with Crippen molar-refractivity contribution in [2.45, 2.75) is 132 Å². The van der Waals surface area contributed by atoms with E-state index in [0.29, 0.717) is 28.3 Å². The van der Waals surface area contributed by atoms with Crippen molar-refractivity contribution in [3.05, 3.63) is 12.7 Å². The molecule has 198 valence electrons. The van der Waals surface area contributed by atoms with Gasteiger partial charge in [0.15, 0.2) is 0 Å². The van der Waals surface area contributed by atoms with Gasteiger partial charge in [-0.15, -0.1) is 6.58 Å². The fourth-order valence-electron chi connectivity index (χ4n) is 11.3. The highest BCUT2D eigenvalue weighted by Crippen LogP contribution is 2.76. The smallest absolute Gasteiger partial charge is 0.0490 e. The van der Waals surface area contributed by atoms with Crippen molar-refractivity contribution in [1.82, 2.24) is 0 Å². The number of aliphatic hydroxyl groups excluding tert-OH is 1. The van der Waals surface area contributed by atoms with Gasteiger partial charge in [0.05, 0.1) is 0 Å². The summed E-state index contributed by atoms with van der Waals surface area (Å²) in [4.78, 5) is 0. The molecule has 0 bridgehead atoms. The Morgan fingerprint density at radius 2 is 1.50 bits per heavy atom. The molecule has 5 aliphatic carbocycles. The molecule has 10 atom stereocenters. The molecule has 1 heteroatoms. The van der Waals surface area contributed by atoms with Gasteiger partial charge >= 0.3 is 0 Å². The van der Waals surface area contributed by atoms with Crippen LogP contribution >= 0.6 is 0 Å². The van der Waals surface area contributed by atoms with E-state index in [1.54, 1.807) is 6.08 Å². The van der Waals surface area contributed by atoms with Crippen molar-refractivity contribution in [2.75, 3.05) is 6.61 Å². The van der Waals surface area contributed by atoms with Crippen molar-refractivity contribution in [3.63, 3.8) is 0 Å². The molecule has 34 heavy (non-hydrogen) atoms. The number of allylic oxidation sites excluding steroid dienone is 1. The first kappa shape index (κ1) is 28.3. The summed E-state index contributed by atoms with van der Waals surface area (Å²) in [7, 11) is 0. The zero-order chi connectivity index (χ0) is 25.4. The fourth-order valence-corrected chi connectivity index (χ4v) is 11.3. The maximum Gasteiger partial charge on any atom is 0.0490 e. The zero-order valence-electron chi connectivity index (χ0n) is 24.4. The van der Waals surface area contributed by atoms with Crippen LogP contribution in [-0.2, 0) is 0 Å². The van der Waals surface area contributed by atoms with Crippen LogP contribution in [0.2, 0.25) is 0 Å². The molecule has 0 heterocycles. The number of rotatable bonds is 2. The second kappa shape index (κ2) is 10.6. The topological polar surface area (TPSA) is 20.2 Å². The van der Waals surface area contributed by atoms with E-state index < -0.39 is 0 Å². The van der Waals surface area contributed by atoms with Crippen molar-refractivity contribution in [3.8, 4) is 0 Å². The summed E-state index contributed by atoms with van der Waals surface area (Å²) in [6, 6.07) is 0. The predicted molar refractivity (Wildman–Crippen MR) is 149 cm³/mol. The number of aliphatic hydroxyl groups is 1. The molecule has 5 aliphatic rings. The molecule has 5 fully saturated rings. The molecule has 5 rings (SSSR count). The Bertz CT molecular complexity index is 684. The van der Waals surface area contributed by atoms with E-state index in [1.807, 2.05) is 20.8 Å². The van der Waals surface area contributed by atoms with Gasteiger partial charge in [-0.05, 0) is 128 Å². The van der Waals surface area contributed by atoms with E-state index in [-0.39, 0.29) is 0 Å². The van der Waals surface area contributed by atoms with Gasteiger partial charge in [0, 0.05) is 6.61 Å². The third-order valence-electron chi connectivity index (χ3n) is 13.2. The molecule has 0 aromatic heterocycles. The van der Waals surface area contributed by atoms with Crippen LogP contribution in [0.25, 0.3) is 0 Å². The quantitative estimate of drug-likeness (QED) is 0.396. The molecule has 0 saturated heterocycles. The van der Waals surface area contributed by atoms with Gasteiger partial charge in [0.25, 0.3) is 0 Å². The third kappa shape index (κ3) is 3.97. The molecular weight excluding hydrogens is 412 g/mol. The lowest BCUT2D eigenvalue weighted by Gasteiger charge is -2.72. The minimum Gasteiger partial charge on any atom is -0.396 e. The molecule has 9 unspecified atom stereocenters. The number of hydrogen-bond donors (Lipinski definition) is 1. The molecule has 1 nitrogen and oxygen atoms in total. The zero-order valence-corrected chi connectivity index (χ0v) is 24.4. The van der Waals surface area contributed by atoms with Crippen LogP contribution in [0.1, 0.15) is 132 Å². The molecule has 1 N–H and O–H groups in total. The Hall–Kier alpha value is -0.300. The third-order valence-corrected chi connectivity index (χ3v) is 13.2. The standard InChI is InChI=1S/C28H48O.C3H6.C2H6/c1-6-20-11-14-25(3)21(19(20)2)12-15-27(5)24(25)10-9-22-23-8-7-13-28(23,18-29)17-16-26(22,27)4;1-3-2;1-2/h19-24,29H,6-18H2,1-5H3;3H,1H2,2H3;1-2H3/t19?,20?,21?,22?,23?,24?,25?,26-,27?,28?;;/m1../s1. The summed E-state index contributed by atoms with van der Waals surface area (Å²) in [6.07, 6.45) is 18.8. The largest absolute Gasteiger partial charge is 0.396 e. The van der Waals surface area contributed by atoms with E-state index in [2.05, 4.69) is 41.2 Å². The van der Waals surface area contributed by atoms with Gasteiger partial charge in [-0.1, -0.05) is 67.4 Å². The van der Waals surface area contributed by atoms with Crippen LogP contribution < -0.4 is 0 Å². The minimum absolute atomic E-state index is 0.294. The van der Waals surface area contributed by atoms with Crippen LogP contribution in [0, 0.1) is 57.2 Å². The maximum atomic E-state index is 10.4. The molecule has 0 aliphatic heterocycles. The summed E-state index contributed by atoms with van der Waals surface area (Å²) >= 11 is 0. The Morgan fingerprint density at radius 3 is 2.12 bits per heavy atom. The van der Waals surface area contributed by atoms with Crippen molar-refractivity contribution in [2.24, 2.45) is 57.2 Å². The summed E-state index contributed by atoms with van der Waals surface area (Å²) in [5, 5.41) is 10.4. The average molecular weight is 473 g/mol. The highest BCUT2D eigenvalue weighted by molar-refractivity contribution is 5.17. The molecule has 0 amide bonds. The second-order valence-corrected chi connectivity index (χ2v) is 13.7. The molecular formula is C33H60O. The Balaban J connectivity index is 0.000000603. The number of hydrogen-bond acceptors (Lipinski definition) is 1. The van der Waals surface area contributed by atoms with Gasteiger partial charge < -0.3 is 5.11 Å². The second-order valence-electron chi connectivity index (χ2n) is 13.7. The maximum absolute atomic E-state index is 10.4. The van der Waals surface area contributed by atoms with E-state index in [9.17, 15) is 5.11 Å². The first-order valence-electron chi connectivity index (χ1n) is 15.4. The normalized spacial score (nSPS) is 51.2. The van der Waals surface area contributed by atoms with Crippen molar-refractivity contribution >= 4 is 0 Å². The van der Waals surface area contributed by atoms with Crippen LogP contribution in [0.4, 0.5) is 0 Å². The Kier molecular flexibility index (Phi) is 8.81. The van der Waals surface area contributed by atoms with Crippen molar-refractivity contribution < 1.29 is 5.11 Å². The van der Waals surface area contributed by atoms with Gasteiger partial charge in [-0.3, -0.25) is 0 Å². The lowest BCUT2D eigenvalue weighted by molar-refractivity contribution is -0.232. The van der Waals surface area contributed by atoms with Gasteiger partial charge in [0.2, 0.25) is 0 Å². The summed E-state index contributed by atoms with van der Waals surface area (Å²) in [6.45, 7) is 23.0. The average Bonchev–Trinajstić information content (AvgIpc) is 3.26. The monoisotopic (exact) mass is 472 g/mol. The van der Waals surface area contributed by atoms with E-state index in [0.717, 1.165) is 35.5 Å². The first-order chi connectivity index (χ1) is 16.2. The molecule has 5 saturated carbocycles. The highest BCUT2D eigenvalue weighted by atomic mass is 16.3. The van der Waals surface area contributed by atoms with E-state index in [1.165, 1.54) is 77.0 Å². The highest BCUT2D eigenvalue weighted by Gasteiger charge is 2.68. The molecule has 0 aromatic rings. The minimum atomic E-state index is 0.294. The predicted octanol–water partition coefficient (Wildman–Crippen LogP) is 9.69. The lowest BCUT2D eigenvalue weighted by atomic mass is 9.33. The molecule has 0 aromatic carbocycles. The van der Waals surface area contributed by atoms with Gasteiger partial charge in [0.1, 0.15) is 0 Å². The summed E-state index contributed by atoms with van der Waals surface area (Å²) in [5.41, 5.74) is 1.89. The Labute approximate surface area is 214 Å². The van der Waals surface area contributed by atoms with Crippen LogP contribution in [0.15, 0.2) is 12.7 Å². The van der Waals surface area contributed by atoms with Crippen LogP contribution in [0.3, 0.4) is 0 Å². The Morgan fingerprint density at radius 1 is 0.824 bits per heavy atom.